The van der Waals surface area contributed by atoms with E-state index in [-0.39, 0.29) is 37.5 Å². The molecule has 0 N–H and O–H groups in total. The SMILES string of the molecule is CC/C=C\C/C=C\C/C=C\C/C=C\C/C=C\C/C=C\C/C=C\C/C=C\C/C=C\CCCC(=O)OCC(COC(=O)CCCCCCCCCCCCC)OC(=O)CCCCCCCCCCCCCCCCCCCCCCCCCC. The highest BCUT2D eigenvalue weighted by molar-refractivity contribution is 5.71. The number of hydrogen-bond acceptors (Lipinski definition) is 6. The van der Waals surface area contributed by atoms with Crippen molar-refractivity contribution in [2.75, 3.05) is 13.2 Å². The molecule has 0 saturated carbocycles. The quantitative estimate of drug-likeness (QED) is 0.0261. The minimum Gasteiger partial charge on any atom is -0.462 e. The van der Waals surface area contributed by atoms with Gasteiger partial charge in [0.15, 0.2) is 6.10 Å². The fourth-order valence-electron chi connectivity index (χ4n) is 9.86. The monoisotopic (exact) mass is 1140 g/mol. The fraction of sp³-hybridized carbons (Fsp3) is 0.724. The lowest BCUT2D eigenvalue weighted by atomic mass is 10.0. The molecule has 0 rings (SSSR count). The van der Waals surface area contributed by atoms with Crippen molar-refractivity contribution in [2.45, 2.75) is 341 Å². The first-order valence-electron chi connectivity index (χ1n) is 34.9. The molecule has 0 fully saturated rings. The molecular formula is C76H130O6. The van der Waals surface area contributed by atoms with E-state index in [2.05, 4.69) is 130 Å². The van der Waals surface area contributed by atoms with Gasteiger partial charge < -0.3 is 14.2 Å². The van der Waals surface area contributed by atoms with Crippen LogP contribution in [0.1, 0.15) is 335 Å². The smallest absolute Gasteiger partial charge is 0.306 e. The second kappa shape index (κ2) is 69.6. The fourth-order valence-corrected chi connectivity index (χ4v) is 9.86. The molecule has 470 valence electrons. The molecule has 0 aromatic carbocycles. The number of rotatable bonds is 63. The third-order valence-corrected chi connectivity index (χ3v) is 15.0. The van der Waals surface area contributed by atoms with Crippen LogP contribution in [-0.2, 0) is 28.6 Å². The number of allylic oxidation sites excluding steroid dienone is 18. The molecular weight excluding hydrogens is 1010 g/mol. The first-order chi connectivity index (χ1) is 40.5. The number of esters is 3. The van der Waals surface area contributed by atoms with E-state index in [0.717, 1.165) is 103 Å². The highest BCUT2D eigenvalue weighted by atomic mass is 16.6. The van der Waals surface area contributed by atoms with Crippen LogP contribution in [0.2, 0.25) is 0 Å². The van der Waals surface area contributed by atoms with Crippen molar-refractivity contribution < 1.29 is 28.6 Å². The summed E-state index contributed by atoms with van der Waals surface area (Å²) in [5.74, 6) is -0.942. The van der Waals surface area contributed by atoms with Gasteiger partial charge in [0.2, 0.25) is 0 Å². The summed E-state index contributed by atoms with van der Waals surface area (Å²) in [5, 5.41) is 0. The van der Waals surface area contributed by atoms with Crippen molar-refractivity contribution in [1.82, 2.24) is 0 Å². The Morgan fingerprint density at radius 3 is 0.744 bits per heavy atom. The maximum absolute atomic E-state index is 12.9. The number of carbonyl (C=O) groups is 3. The molecule has 6 heteroatoms. The lowest BCUT2D eigenvalue weighted by molar-refractivity contribution is -0.167. The first kappa shape index (κ1) is 78.1. The van der Waals surface area contributed by atoms with Crippen molar-refractivity contribution in [2.24, 2.45) is 0 Å². The van der Waals surface area contributed by atoms with E-state index < -0.39 is 6.10 Å². The maximum Gasteiger partial charge on any atom is 0.306 e. The summed E-state index contributed by atoms with van der Waals surface area (Å²) >= 11 is 0. The average Bonchev–Trinajstić information content (AvgIpc) is 3.47. The normalized spacial score (nSPS) is 12.8. The van der Waals surface area contributed by atoms with Gasteiger partial charge in [-0.3, -0.25) is 14.4 Å². The summed E-state index contributed by atoms with van der Waals surface area (Å²) in [6, 6.07) is 0. The van der Waals surface area contributed by atoms with Crippen molar-refractivity contribution in [3.05, 3.63) is 109 Å². The molecule has 0 aromatic rings. The molecule has 0 bridgehead atoms. The molecule has 0 aliphatic carbocycles. The van der Waals surface area contributed by atoms with Crippen LogP contribution < -0.4 is 0 Å². The summed E-state index contributed by atoms with van der Waals surface area (Å²) in [7, 11) is 0. The molecule has 82 heavy (non-hydrogen) atoms. The summed E-state index contributed by atoms with van der Waals surface area (Å²) in [5.41, 5.74) is 0. The Labute approximate surface area is 508 Å². The van der Waals surface area contributed by atoms with E-state index in [9.17, 15) is 14.4 Å². The molecule has 0 heterocycles. The van der Waals surface area contributed by atoms with Gasteiger partial charge in [-0.05, 0) is 83.5 Å². The molecule has 1 unspecified atom stereocenters. The Hall–Kier alpha value is -3.93. The predicted octanol–water partition coefficient (Wildman–Crippen LogP) is 24.2. The van der Waals surface area contributed by atoms with Crippen molar-refractivity contribution in [3.63, 3.8) is 0 Å². The third kappa shape index (κ3) is 66.9. The Morgan fingerprint density at radius 2 is 0.476 bits per heavy atom. The summed E-state index contributed by atoms with van der Waals surface area (Å²) in [6.45, 7) is 6.51. The largest absolute Gasteiger partial charge is 0.462 e. The standard InChI is InChI=1S/C76H130O6/c1-4-7-10-13-16-19-22-24-26-28-30-32-34-36-37-38-39-40-42-43-45-47-49-51-54-57-60-63-66-69-75(78)81-72-73(71-80-74(77)68-65-62-59-56-53-21-18-15-12-9-6-3)82-76(79)70-67-64-61-58-55-52-50-48-46-44-41-35-33-31-29-27-25-23-20-17-14-11-8-5-2/h7,10,16,19,24,26,30,32,36-37,39-40,43,45,49,51,57,60,73H,4-6,8-9,11-15,17-18,20-23,25,27-29,31,33-35,38,41-42,44,46-48,50,52-56,58-59,61-72H2,1-3H3/b10-7-,19-16-,26-24-,32-30-,37-36-,40-39-,45-43-,51-49-,60-57-. The van der Waals surface area contributed by atoms with Crippen molar-refractivity contribution in [3.8, 4) is 0 Å². The van der Waals surface area contributed by atoms with E-state index in [1.807, 2.05) is 0 Å². The zero-order chi connectivity index (χ0) is 59.2. The van der Waals surface area contributed by atoms with Crippen molar-refractivity contribution >= 4 is 17.9 Å². The maximum atomic E-state index is 12.9. The predicted molar refractivity (Wildman–Crippen MR) is 357 cm³/mol. The van der Waals surface area contributed by atoms with Crippen LogP contribution in [0.3, 0.4) is 0 Å². The van der Waals surface area contributed by atoms with Crippen LogP contribution in [0.25, 0.3) is 0 Å². The average molecular weight is 1140 g/mol. The molecule has 0 amide bonds. The molecule has 0 spiro atoms. The zero-order valence-electron chi connectivity index (χ0n) is 54.0. The summed E-state index contributed by atoms with van der Waals surface area (Å²) in [4.78, 5) is 38.3. The van der Waals surface area contributed by atoms with Gasteiger partial charge in [-0.1, -0.05) is 342 Å². The Balaban J connectivity index is 4.34. The topological polar surface area (TPSA) is 78.9 Å². The minimum atomic E-state index is -0.801. The van der Waals surface area contributed by atoms with Crippen LogP contribution in [0.15, 0.2) is 109 Å². The Kier molecular flexibility index (Phi) is 66.2. The molecule has 0 aliphatic rings. The van der Waals surface area contributed by atoms with Crippen LogP contribution in [0.4, 0.5) is 0 Å². The van der Waals surface area contributed by atoms with Gasteiger partial charge in [0.05, 0.1) is 0 Å². The van der Waals surface area contributed by atoms with E-state index in [4.69, 9.17) is 14.2 Å². The highest BCUT2D eigenvalue weighted by Crippen LogP contribution is 2.17. The van der Waals surface area contributed by atoms with Crippen LogP contribution in [-0.4, -0.2) is 37.2 Å². The first-order valence-corrected chi connectivity index (χ1v) is 34.9. The molecule has 6 nitrogen and oxygen atoms in total. The molecule has 0 saturated heterocycles. The number of unbranched alkanes of at least 4 members (excludes halogenated alkanes) is 34. The number of hydrogen-bond donors (Lipinski definition) is 0. The molecule has 0 aliphatic heterocycles. The third-order valence-electron chi connectivity index (χ3n) is 15.0. The van der Waals surface area contributed by atoms with Gasteiger partial charge in [-0.15, -0.1) is 0 Å². The van der Waals surface area contributed by atoms with Crippen LogP contribution >= 0.6 is 0 Å². The van der Waals surface area contributed by atoms with Gasteiger partial charge in [-0.25, -0.2) is 0 Å². The van der Waals surface area contributed by atoms with Gasteiger partial charge >= 0.3 is 17.9 Å². The van der Waals surface area contributed by atoms with Gasteiger partial charge in [0, 0.05) is 19.3 Å². The lowest BCUT2D eigenvalue weighted by Crippen LogP contribution is -2.30. The molecule has 0 aromatic heterocycles. The second-order valence-electron chi connectivity index (χ2n) is 23.1. The van der Waals surface area contributed by atoms with E-state index in [1.165, 1.54) is 186 Å². The minimum absolute atomic E-state index is 0.0924. The number of ether oxygens (including phenoxy) is 3. The van der Waals surface area contributed by atoms with Crippen LogP contribution in [0, 0.1) is 0 Å². The summed E-state index contributed by atoms with van der Waals surface area (Å²) < 4.78 is 16.9. The van der Waals surface area contributed by atoms with E-state index >= 15 is 0 Å². The zero-order valence-corrected chi connectivity index (χ0v) is 54.0. The second-order valence-corrected chi connectivity index (χ2v) is 23.1. The molecule has 0 radical (unpaired) electrons. The highest BCUT2D eigenvalue weighted by Gasteiger charge is 2.19. The Morgan fingerprint density at radius 1 is 0.256 bits per heavy atom. The van der Waals surface area contributed by atoms with Crippen LogP contribution in [0.5, 0.6) is 0 Å². The van der Waals surface area contributed by atoms with E-state index in [1.54, 1.807) is 0 Å². The van der Waals surface area contributed by atoms with Gasteiger partial charge in [0.25, 0.3) is 0 Å². The number of carbonyl (C=O) groups excluding carboxylic acids is 3. The van der Waals surface area contributed by atoms with Crippen molar-refractivity contribution in [1.29, 1.82) is 0 Å². The van der Waals surface area contributed by atoms with Gasteiger partial charge in [-0.2, -0.15) is 0 Å². The van der Waals surface area contributed by atoms with E-state index in [0.29, 0.717) is 19.3 Å². The Bertz CT molecular complexity index is 1640. The lowest BCUT2D eigenvalue weighted by Gasteiger charge is -2.18. The van der Waals surface area contributed by atoms with Gasteiger partial charge in [0.1, 0.15) is 13.2 Å². The summed E-state index contributed by atoms with van der Waals surface area (Å²) in [6.07, 6.45) is 95.5. The molecule has 1 atom stereocenters.